The van der Waals surface area contributed by atoms with Crippen molar-refractivity contribution in [2.75, 3.05) is 19.0 Å². The average Bonchev–Trinajstić information content (AvgIpc) is 3.14. The Balaban J connectivity index is 1.61. The van der Waals surface area contributed by atoms with E-state index in [4.69, 9.17) is 10.5 Å². The minimum atomic E-state index is -0.675. The molecule has 1 aliphatic rings. The Morgan fingerprint density at radius 2 is 2.00 bits per heavy atom. The van der Waals surface area contributed by atoms with Crippen molar-refractivity contribution < 1.29 is 18.7 Å². The Morgan fingerprint density at radius 1 is 1.19 bits per heavy atom. The molecular weight excluding hydrogens is 401 g/mol. The first-order chi connectivity index (χ1) is 14.9. The predicted molar refractivity (Wildman–Crippen MR) is 113 cm³/mol. The molecule has 4 rings (SSSR count). The van der Waals surface area contributed by atoms with E-state index in [1.807, 2.05) is 13.0 Å². The SMILES string of the molecule is COc1cc(NC(=O)N2CCn3nc(-c4cccc(F)c4)c(C(N)=O)c3C2)ccc1C. The first-order valence-electron chi connectivity index (χ1n) is 9.73. The van der Waals surface area contributed by atoms with Crippen LogP contribution >= 0.6 is 0 Å². The smallest absolute Gasteiger partial charge is 0.322 e. The maximum Gasteiger partial charge on any atom is 0.322 e. The molecule has 31 heavy (non-hydrogen) atoms. The molecule has 0 atom stereocenters. The molecule has 9 heteroatoms. The van der Waals surface area contributed by atoms with Gasteiger partial charge in [-0.3, -0.25) is 9.48 Å². The summed E-state index contributed by atoms with van der Waals surface area (Å²) in [5, 5.41) is 7.32. The molecule has 0 saturated heterocycles. The number of amides is 3. The molecule has 2 aromatic carbocycles. The number of carbonyl (C=O) groups is 2. The molecule has 0 bridgehead atoms. The number of hydrogen-bond donors (Lipinski definition) is 2. The number of nitrogens with zero attached hydrogens (tertiary/aromatic N) is 3. The summed E-state index contributed by atoms with van der Waals surface area (Å²) in [7, 11) is 1.57. The maximum atomic E-state index is 13.7. The van der Waals surface area contributed by atoms with Gasteiger partial charge in [0, 0.05) is 23.9 Å². The maximum absolute atomic E-state index is 13.7. The third-order valence-corrected chi connectivity index (χ3v) is 5.27. The number of nitrogens with one attached hydrogen (secondary N) is 1. The van der Waals surface area contributed by atoms with Crippen LogP contribution in [0.25, 0.3) is 11.3 Å². The lowest BCUT2D eigenvalue weighted by Gasteiger charge is -2.28. The zero-order valence-electron chi connectivity index (χ0n) is 17.2. The van der Waals surface area contributed by atoms with E-state index in [0.29, 0.717) is 41.5 Å². The number of fused-ring (bicyclic) bond motifs is 1. The second kappa shape index (κ2) is 8.10. The van der Waals surface area contributed by atoms with E-state index >= 15 is 0 Å². The number of aromatic nitrogens is 2. The lowest BCUT2D eigenvalue weighted by Crippen LogP contribution is -2.41. The summed E-state index contributed by atoms with van der Waals surface area (Å²) in [6, 6.07) is 10.9. The standard InChI is InChI=1S/C22H22FN5O3/c1-13-6-7-16(11-18(13)31-2)25-22(30)27-8-9-28-17(12-27)19(21(24)29)20(26-28)14-4-3-5-15(23)10-14/h3-7,10-11H,8-9,12H2,1-2H3,(H2,24,29)(H,25,30). The normalized spacial score (nSPS) is 12.9. The zero-order chi connectivity index (χ0) is 22.1. The number of carbonyl (C=O) groups excluding carboxylic acids is 2. The summed E-state index contributed by atoms with van der Waals surface area (Å²) in [5.41, 5.74) is 8.67. The monoisotopic (exact) mass is 423 g/mol. The van der Waals surface area contributed by atoms with E-state index in [-0.39, 0.29) is 18.1 Å². The Kier molecular flexibility index (Phi) is 5.33. The van der Waals surface area contributed by atoms with Gasteiger partial charge in [0.1, 0.15) is 17.3 Å². The highest BCUT2D eigenvalue weighted by molar-refractivity contribution is 6.00. The third-order valence-electron chi connectivity index (χ3n) is 5.27. The third kappa shape index (κ3) is 3.94. The topological polar surface area (TPSA) is 102 Å². The summed E-state index contributed by atoms with van der Waals surface area (Å²) in [6.45, 7) is 2.84. The Bertz CT molecular complexity index is 1170. The highest BCUT2D eigenvalue weighted by Crippen LogP contribution is 2.29. The van der Waals surface area contributed by atoms with Gasteiger partial charge in [-0.25, -0.2) is 9.18 Å². The molecule has 160 valence electrons. The molecule has 0 fully saturated rings. The second-order valence-electron chi connectivity index (χ2n) is 7.30. The van der Waals surface area contributed by atoms with Crippen molar-refractivity contribution in [2.45, 2.75) is 20.0 Å². The van der Waals surface area contributed by atoms with Crippen LogP contribution in [0.5, 0.6) is 5.75 Å². The molecule has 2 heterocycles. The van der Waals surface area contributed by atoms with Crippen molar-refractivity contribution >= 4 is 17.6 Å². The molecule has 0 saturated carbocycles. The number of rotatable bonds is 4. The van der Waals surface area contributed by atoms with E-state index in [2.05, 4.69) is 10.4 Å². The molecule has 3 amide bonds. The lowest BCUT2D eigenvalue weighted by molar-refractivity contribution is 0.0997. The van der Waals surface area contributed by atoms with Gasteiger partial charge in [0.2, 0.25) is 0 Å². The van der Waals surface area contributed by atoms with Gasteiger partial charge in [-0.2, -0.15) is 5.10 Å². The van der Waals surface area contributed by atoms with Crippen molar-refractivity contribution in [3.8, 4) is 17.0 Å². The van der Waals surface area contributed by atoms with E-state index in [1.165, 1.54) is 12.1 Å². The molecule has 3 aromatic rings. The van der Waals surface area contributed by atoms with Crippen LogP contribution in [0.3, 0.4) is 0 Å². The number of urea groups is 1. The molecule has 0 unspecified atom stereocenters. The number of methoxy groups -OCH3 is 1. The van der Waals surface area contributed by atoms with E-state index in [0.717, 1.165) is 5.56 Å². The fourth-order valence-corrected chi connectivity index (χ4v) is 3.69. The summed E-state index contributed by atoms with van der Waals surface area (Å²) >= 11 is 0. The Morgan fingerprint density at radius 3 is 2.71 bits per heavy atom. The van der Waals surface area contributed by atoms with Gasteiger partial charge in [-0.1, -0.05) is 18.2 Å². The van der Waals surface area contributed by atoms with Crippen LogP contribution in [-0.4, -0.2) is 40.3 Å². The lowest BCUT2D eigenvalue weighted by atomic mass is 10.0. The minimum absolute atomic E-state index is 0.148. The van der Waals surface area contributed by atoms with Gasteiger partial charge in [0.05, 0.1) is 31.5 Å². The average molecular weight is 423 g/mol. The fraction of sp³-hybridized carbons (Fsp3) is 0.227. The molecule has 1 aromatic heterocycles. The van der Waals surface area contributed by atoms with E-state index < -0.39 is 11.7 Å². The molecule has 1 aliphatic heterocycles. The Hall–Kier alpha value is -3.88. The van der Waals surface area contributed by atoms with Crippen LogP contribution in [0.15, 0.2) is 42.5 Å². The first kappa shape index (κ1) is 20.4. The number of aryl methyl sites for hydroxylation is 1. The van der Waals surface area contributed by atoms with Crippen molar-refractivity contribution in [1.29, 1.82) is 0 Å². The van der Waals surface area contributed by atoms with Crippen LogP contribution in [0, 0.1) is 12.7 Å². The summed E-state index contributed by atoms with van der Waals surface area (Å²) in [6.07, 6.45) is 0. The fourth-order valence-electron chi connectivity index (χ4n) is 3.69. The quantitative estimate of drug-likeness (QED) is 0.673. The van der Waals surface area contributed by atoms with E-state index in [9.17, 15) is 14.0 Å². The number of anilines is 1. The summed E-state index contributed by atoms with van der Waals surface area (Å²) in [5.74, 6) is -0.440. The van der Waals surface area contributed by atoms with E-state index in [1.54, 1.807) is 41.0 Å². The van der Waals surface area contributed by atoms with Crippen LogP contribution in [-0.2, 0) is 13.1 Å². The van der Waals surface area contributed by atoms with Crippen LogP contribution in [0.4, 0.5) is 14.9 Å². The molecule has 3 N–H and O–H groups in total. The number of halogens is 1. The molecule has 0 aliphatic carbocycles. The minimum Gasteiger partial charge on any atom is -0.496 e. The van der Waals surface area contributed by atoms with Crippen LogP contribution in [0.2, 0.25) is 0 Å². The van der Waals surface area contributed by atoms with Crippen molar-refractivity contribution in [3.05, 3.63) is 65.1 Å². The Labute approximate surface area is 178 Å². The van der Waals surface area contributed by atoms with Gasteiger partial charge in [-0.15, -0.1) is 0 Å². The molecule has 0 spiro atoms. The number of benzene rings is 2. The van der Waals surface area contributed by atoms with Gasteiger partial charge >= 0.3 is 6.03 Å². The van der Waals surface area contributed by atoms with Gasteiger partial charge in [0.25, 0.3) is 5.91 Å². The largest absolute Gasteiger partial charge is 0.496 e. The van der Waals surface area contributed by atoms with Crippen molar-refractivity contribution in [2.24, 2.45) is 5.73 Å². The number of ether oxygens (including phenoxy) is 1. The molecular formula is C22H22FN5O3. The molecule has 8 nitrogen and oxygen atoms in total. The van der Waals surface area contributed by atoms with Gasteiger partial charge in [-0.05, 0) is 30.7 Å². The zero-order valence-corrected chi connectivity index (χ0v) is 17.2. The highest BCUT2D eigenvalue weighted by Gasteiger charge is 2.29. The van der Waals surface area contributed by atoms with Crippen LogP contribution in [0.1, 0.15) is 21.6 Å². The van der Waals surface area contributed by atoms with Crippen LogP contribution < -0.4 is 15.8 Å². The van der Waals surface area contributed by atoms with Crippen molar-refractivity contribution in [1.82, 2.24) is 14.7 Å². The number of primary amides is 1. The summed E-state index contributed by atoms with van der Waals surface area (Å²) in [4.78, 5) is 26.6. The summed E-state index contributed by atoms with van der Waals surface area (Å²) < 4.78 is 20.7. The van der Waals surface area contributed by atoms with Gasteiger partial charge in [0.15, 0.2) is 0 Å². The number of nitrogens with two attached hydrogens (primary N) is 1. The predicted octanol–water partition coefficient (Wildman–Crippen LogP) is 3.15. The van der Waals surface area contributed by atoms with Crippen molar-refractivity contribution in [3.63, 3.8) is 0 Å². The number of hydrogen-bond acceptors (Lipinski definition) is 4. The highest BCUT2D eigenvalue weighted by atomic mass is 19.1. The molecule has 0 radical (unpaired) electrons. The first-order valence-corrected chi connectivity index (χ1v) is 9.73. The van der Waals surface area contributed by atoms with Gasteiger partial charge < -0.3 is 20.7 Å². The second-order valence-corrected chi connectivity index (χ2v) is 7.30.